The number of hydrogen-bond donors (Lipinski definition) is 1. The number of benzene rings is 1. The van der Waals surface area contributed by atoms with Crippen molar-refractivity contribution < 1.29 is 4.74 Å². The van der Waals surface area contributed by atoms with Crippen LogP contribution in [0.3, 0.4) is 0 Å². The number of nitrogens with zero attached hydrogens (tertiary/aromatic N) is 5. The van der Waals surface area contributed by atoms with Crippen molar-refractivity contribution in [1.29, 1.82) is 0 Å². The van der Waals surface area contributed by atoms with Gasteiger partial charge in [-0.2, -0.15) is 0 Å². The molecule has 0 amide bonds. The van der Waals surface area contributed by atoms with Crippen molar-refractivity contribution in [3.05, 3.63) is 51.1 Å². The Kier molecular flexibility index (Phi) is 7.29. The van der Waals surface area contributed by atoms with Crippen LogP contribution in [0.5, 0.6) is 0 Å². The Labute approximate surface area is 207 Å². The molecule has 1 aliphatic carbocycles. The highest BCUT2D eigenvalue weighted by atomic mass is 16.5. The summed E-state index contributed by atoms with van der Waals surface area (Å²) in [5.74, 6) is 0.918. The third-order valence-electron chi connectivity index (χ3n) is 7.79. The van der Waals surface area contributed by atoms with E-state index in [2.05, 4.69) is 63.0 Å². The summed E-state index contributed by atoms with van der Waals surface area (Å²) in [4.78, 5) is 18.7. The normalized spacial score (nSPS) is 20.2. The lowest BCUT2D eigenvalue weighted by Gasteiger charge is -2.33. The second-order valence-electron chi connectivity index (χ2n) is 10.4. The van der Waals surface area contributed by atoms with Crippen LogP contribution in [0.1, 0.15) is 92.9 Å². The fraction of sp³-hybridized carbons (Fsp3) is 0.630. The molecule has 0 unspecified atom stereocenters. The number of rotatable bonds is 8. The van der Waals surface area contributed by atoms with Crippen molar-refractivity contribution >= 4 is 10.9 Å². The lowest BCUT2D eigenvalue weighted by molar-refractivity contribution is 0.0481. The number of tetrazole rings is 1. The second kappa shape index (κ2) is 10.6. The van der Waals surface area contributed by atoms with Gasteiger partial charge in [0.25, 0.3) is 5.56 Å². The predicted molar refractivity (Wildman–Crippen MR) is 136 cm³/mol. The number of H-pyrrole nitrogens is 1. The average Bonchev–Trinajstić information content (AvgIpc) is 3.53. The zero-order chi connectivity index (χ0) is 24.4. The number of hydrogen-bond acceptors (Lipinski definition) is 6. The first-order valence-electron chi connectivity index (χ1n) is 13.3. The monoisotopic (exact) mass is 478 g/mol. The summed E-state index contributed by atoms with van der Waals surface area (Å²) in [5.41, 5.74) is 3.98. The topological polar surface area (TPSA) is 88.9 Å². The van der Waals surface area contributed by atoms with Crippen molar-refractivity contribution in [2.24, 2.45) is 0 Å². The maximum Gasteiger partial charge on any atom is 0.252 e. The molecule has 35 heavy (non-hydrogen) atoms. The van der Waals surface area contributed by atoms with Crippen LogP contribution >= 0.6 is 0 Å². The fourth-order valence-electron chi connectivity index (χ4n) is 6.01. The highest BCUT2D eigenvalue weighted by molar-refractivity contribution is 5.83. The van der Waals surface area contributed by atoms with Gasteiger partial charge in [-0.05, 0) is 79.6 Å². The van der Waals surface area contributed by atoms with Gasteiger partial charge in [0.15, 0.2) is 5.82 Å². The SMILES string of the molecule is CC[C@H](c1nnnn1C1CCCCC1)N(Cc1cc2c(C)cc(C)cc2[nH]c1=O)C[C@@H]1CCCO1. The molecule has 188 valence electrons. The summed E-state index contributed by atoms with van der Waals surface area (Å²) >= 11 is 0. The van der Waals surface area contributed by atoms with Crippen molar-refractivity contribution in [2.45, 2.75) is 96.9 Å². The lowest BCUT2D eigenvalue weighted by atomic mass is 9.95. The molecule has 3 aromatic rings. The summed E-state index contributed by atoms with van der Waals surface area (Å²) < 4.78 is 8.10. The van der Waals surface area contributed by atoms with Crippen LogP contribution in [0.25, 0.3) is 10.9 Å². The van der Waals surface area contributed by atoms with E-state index >= 15 is 0 Å². The summed E-state index contributed by atoms with van der Waals surface area (Å²) in [5, 5.41) is 14.2. The number of aromatic amines is 1. The molecule has 1 aromatic carbocycles. The van der Waals surface area contributed by atoms with E-state index in [1.807, 2.05) is 6.07 Å². The molecule has 3 heterocycles. The van der Waals surface area contributed by atoms with Crippen LogP contribution < -0.4 is 5.56 Å². The second-order valence-corrected chi connectivity index (χ2v) is 10.4. The number of fused-ring (bicyclic) bond motifs is 1. The fourth-order valence-corrected chi connectivity index (χ4v) is 6.01. The van der Waals surface area contributed by atoms with E-state index in [1.165, 1.54) is 24.8 Å². The first-order valence-corrected chi connectivity index (χ1v) is 13.3. The molecule has 0 spiro atoms. The molecule has 8 nitrogen and oxygen atoms in total. The summed E-state index contributed by atoms with van der Waals surface area (Å²) in [6.45, 7) is 8.46. The highest BCUT2D eigenvalue weighted by Gasteiger charge is 2.31. The van der Waals surface area contributed by atoms with Crippen LogP contribution in [-0.2, 0) is 11.3 Å². The van der Waals surface area contributed by atoms with Crippen LogP contribution in [0.15, 0.2) is 23.0 Å². The van der Waals surface area contributed by atoms with Gasteiger partial charge in [-0.1, -0.05) is 32.3 Å². The Morgan fingerprint density at radius 2 is 1.97 bits per heavy atom. The number of aryl methyl sites for hydroxylation is 2. The van der Waals surface area contributed by atoms with Gasteiger partial charge < -0.3 is 9.72 Å². The largest absolute Gasteiger partial charge is 0.377 e. The third-order valence-corrected chi connectivity index (χ3v) is 7.79. The smallest absolute Gasteiger partial charge is 0.252 e. The molecule has 0 radical (unpaired) electrons. The third kappa shape index (κ3) is 5.19. The van der Waals surface area contributed by atoms with Crippen molar-refractivity contribution in [3.8, 4) is 0 Å². The van der Waals surface area contributed by atoms with E-state index in [0.29, 0.717) is 12.6 Å². The van der Waals surface area contributed by atoms with Gasteiger partial charge in [-0.3, -0.25) is 9.69 Å². The Morgan fingerprint density at radius 3 is 2.71 bits per heavy atom. The zero-order valence-electron chi connectivity index (χ0n) is 21.3. The van der Waals surface area contributed by atoms with Crippen LogP contribution in [0.2, 0.25) is 0 Å². The molecule has 2 fully saturated rings. The summed E-state index contributed by atoms with van der Waals surface area (Å²) in [6, 6.07) is 6.67. The van der Waals surface area contributed by atoms with E-state index in [-0.39, 0.29) is 17.7 Å². The first kappa shape index (κ1) is 24.1. The van der Waals surface area contributed by atoms with Gasteiger partial charge in [0, 0.05) is 36.2 Å². The van der Waals surface area contributed by atoms with Gasteiger partial charge in [0.05, 0.1) is 18.2 Å². The van der Waals surface area contributed by atoms with Gasteiger partial charge in [-0.25, -0.2) is 4.68 Å². The zero-order valence-corrected chi connectivity index (χ0v) is 21.3. The molecule has 5 rings (SSSR count). The minimum absolute atomic E-state index is 0.0188. The van der Waals surface area contributed by atoms with Crippen molar-refractivity contribution in [1.82, 2.24) is 30.1 Å². The Bertz CT molecular complexity index is 1210. The van der Waals surface area contributed by atoms with Crippen LogP contribution in [-0.4, -0.2) is 49.3 Å². The van der Waals surface area contributed by atoms with Gasteiger partial charge >= 0.3 is 0 Å². The molecule has 0 bridgehead atoms. The molecule has 2 aliphatic rings. The maximum absolute atomic E-state index is 13.2. The number of nitrogens with one attached hydrogen (secondary N) is 1. The van der Waals surface area contributed by atoms with Gasteiger partial charge in [0.1, 0.15) is 0 Å². The standard InChI is InChI=1S/C27H38N6O2/c1-4-25(26-29-30-31-33(26)21-9-6-5-7-10-21)32(17-22-11-8-12-35-22)16-20-15-23-19(3)13-18(2)14-24(23)28-27(20)34/h13-15,21-22,25H,4-12,16-17H2,1-3H3,(H,28,34)/t22-,25+/m0/s1. The Hall–Kier alpha value is -2.58. The number of ether oxygens (including phenoxy) is 1. The molecule has 1 saturated carbocycles. The summed E-state index contributed by atoms with van der Waals surface area (Å²) in [6.07, 6.45) is 9.18. The number of aromatic nitrogens is 5. The molecule has 8 heteroatoms. The number of pyridine rings is 1. The van der Waals surface area contributed by atoms with E-state index in [9.17, 15) is 4.79 Å². The van der Waals surface area contributed by atoms with Crippen LogP contribution in [0, 0.1) is 13.8 Å². The molecule has 1 N–H and O–H groups in total. The molecule has 1 aliphatic heterocycles. The van der Waals surface area contributed by atoms with E-state index in [0.717, 1.165) is 73.1 Å². The quantitative estimate of drug-likeness (QED) is 0.502. The van der Waals surface area contributed by atoms with Crippen LogP contribution in [0.4, 0.5) is 0 Å². The minimum Gasteiger partial charge on any atom is -0.377 e. The van der Waals surface area contributed by atoms with Crippen molar-refractivity contribution in [3.63, 3.8) is 0 Å². The molecule has 2 atom stereocenters. The summed E-state index contributed by atoms with van der Waals surface area (Å²) in [7, 11) is 0. The van der Waals surface area contributed by atoms with Gasteiger partial charge in [0.2, 0.25) is 0 Å². The Balaban J connectivity index is 1.50. The highest BCUT2D eigenvalue weighted by Crippen LogP contribution is 2.33. The average molecular weight is 479 g/mol. The van der Waals surface area contributed by atoms with E-state index < -0.39 is 0 Å². The minimum atomic E-state index is -0.0263. The Morgan fingerprint density at radius 1 is 1.14 bits per heavy atom. The maximum atomic E-state index is 13.2. The van der Waals surface area contributed by atoms with E-state index in [4.69, 9.17) is 4.74 Å². The predicted octanol–water partition coefficient (Wildman–Crippen LogP) is 4.77. The van der Waals surface area contributed by atoms with Gasteiger partial charge in [-0.15, -0.1) is 5.10 Å². The van der Waals surface area contributed by atoms with E-state index in [1.54, 1.807) is 0 Å². The van der Waals surface area contributed by atoms with Crippen molar-refractivity contribution in [2.75, 3.05) is 13.2 Å². The molecular formula is C27H38N6O2. The molecule has 1 saturated heterocycles. The lowest BCUT2D eigenvalue weighted by Crippen LogP contribution is -2.38. The first-order chi connectivity index (χ1) is 17.0. The molecule has 2 aromatic heterocycles. The molecular weight excluding hydrogens is 440 g/mol.